The Morgan fingerprint density at radius 3 is 2.50 bits per heavy atom. The van der Waals surface area contributed by atoms with Crippen molar-refractivity contribution in [2.75, 3.05) is 27.1 Å². The number of hydrogen-bond acceptors (Lipinski definition) is 7. The number of Topliss-reactive ketones (excluding diaryl/α,β-unsaturated/α-hetero) is 1. The topological polar surface area (TPSA) is 75.5 Å². The number of carbonyl (C=O) groups excluding carboxylic acids is 1. The Morgan fingerprint density at radius 2 is 1.79 bits per heavy atom. The number of aromatic nitrogens is 3. The maximum Gasteiger partial charge on any atom is 0.191 e. The third-order valence-corrected chi connectivity index (χ3v) is 5.22. The molecule has 0 aliphatic carbocycles. The zero-order valence-electron chi connectivity index (χ0n) is 16.1. The van der Waals surface area contributed by atoms with E-state index in [0.717, 1.165) is 11.3 Å². The van der Waals surface area contributed by atoms with Crippen molar-refractivity contribution in [1.82, 2.24) is 14.8 Å². The van der Waals surface area contributed by atoms with Gasteiger partial charge in [0.05, 0.1) is 27.1 Å². The molecule has 0 atom stereocenters. The smallest absolute Gasteiger partial charge is 0.191 e. The van der Waals surface area contributed by atoms with E-state index in [-0.39, 0.29) is 11.5 Å². The van der Waals surface area contributed by atoms with Gasteiger partial charge in [0.1, 0.15) is 5.75 Å². The number of rotatable bonds is 8. The molecule has 3 aromatic rings. The van der Waals surface area contributed by atoms with Crippen molar-refractivity contribution in [3.05, 3.63) is 48.0 Å². The SMILES string of the molecule is COc1cccc(-c2nnc(SCC(=O)c3ccc(OC)c(OC)c3)n2C)c1. The van der Waals surface area contributed by atoms with Crippen molar-refractivity contribution in [2.45, 2.75) is 5.16 Å². The number of methoxy groups -OCH3 is 3. The summed E-state index contributed by atoms with van der Waals surface area (Å²) >= 11 is 1.34. The van der Waals surface area contributed by atoms with E-state index in [4.69, 9.17) is 14.2 Å². The van der Waals surface area contributed by atoms with Crippen LogP contribution in [0.15, 0.2) is 47.6 Å². The van der Waals surface area contributed by atoms with Crippen LogP contribution in [0, 0.1) is 0 Å². The van der Waals surface area contributed by atoms with Gasteiger partial charge in [0.2, 0.25) is 0 Å². The van der Waals surface area contributed by atoms with Crippen molar-refractivity contribution < 1.29 is 19.0 Å². The Balaban J connectivity index is 1.73. The van der Waals surface area contributed by atoms with Crippen LogP contribution >= 0.6 is 11.8 Å². The summed E-state index contributed by atoms with van der Waals surface area (Å²) in [6.07, 6.45) is 0. The van der Waals surface area contributed by atoms with E-state index < -0.39 is 0 Å². The van der Waals surface area contributed by atoms with Crippen molar-refractivity contribution in [1.29, 1.82) is 0 Å². The molecule has 1 heterocycles. The van der Waals surface area contributed by atoms with Crippen LogP contribution in [0.5, 0.6) is 17.2 Å². The van der Waals surface area contributed by atoms with Crippen molar-refractivity contribution in [3.8, 4) is 28.6 Å². The van der Waals surface area contributed by atoms with E-state index in [1.54, 1.807) is 39.5 Å². The lowest BCUT2D eigenvalue weighted by Gasteiger charge is -2.09. The van der Waals surface area contributed by atoms with Gasteiger partial charge < -0.3 is 18.8 Å². The molecule has 0 amide bonds. The van der Waals surface area contributed by atoms with Gasteiger partial charge in [0.25, 0.3) is 0 Å². The summed E-state index contributed by atoms with van der Waals surface area (Å²) in [6, 6.07) is 12.7. The summed E-state index contributed by atoms with van der Waals surface area (Å²) in [6.45, 7) is 0. The van der Waals surface area contributed by atoms with Gasteiger partial charge in [0, 0.05) is 18.2 Å². The highest BCUT2D eigenvalue weighted by molar-refractivity contribution is 7.99. The highest BCUT2D eigenvalue weighted by Crippen LogP contribution is 2.29. The van der Waals surface area contributed by atoms with E-state index in [1.165, 1.54) is 11.8 Å². The number of hydrogen-bond donors (Lipinski definition) is 0. The van der Waals surface area contributed by atoms with Gasteiger partial charge in [-0.15, -0.1) is 10.2 Å². The molecule has 0 unspecified atom stereocenters. The summed E-state index contributed by atoms with van der Waals surface area (Å²) in [5.74, 6) is 2.77. The molecule has 0 saturated heterocycles. The lowest BCUT2D eigenvalue weighted by atomic mass is 10.1. The summed E-state index contributed by atoms with van der Waals surface area (Å²) in [5, 5.41) is 9.12. The summed E-state index contributed by atoms with van der Waals surface area (Å²) in [4.78, 5) is 12.6. The lowest BCUT2D eigenvalue weighted by Crippen LogP contribution is -2.05. The van der Waals surface area contributed by atoms with E-state index in [9.17, 15) is 4.79 Å². The molecular formula is C20H21N3O4S. The molecule has 0 spiro atoms. The van der Waals surface area contributed by atoms with E-state index in [1.807, 2.05) is 35.9 Å². The molecule has 0 aliphatic heterocycles. The molecule has 1 aromatic heterocycles. The third-order valence-electron chi connectivity index (χ3n) is 4.20. The maximum absolute atomic E-state index is 12.6. The largest absolute Gasteiger partial charge is 0.497 e. The van der Waals surface area contributed by atoms with Gasteiger partial charge in [-0.1, -0.05) is 23.9 Å². The fourth-order valence-electron chi connectivity index (χ4n) is 2.68. The minimum absolute atomic E-state index is 0.0307. The Bertz CT molecular complexity index is 987. The molecule has 3 rings (SSSR count). The van der Waals surface area contributed by atoms with Crippen molar-refractivity contribution in [3.63, 3.8) is 0 Å². The molecule has 2 aromatic carbocycles. The van der Waals surface area contributed by atoms with Crippen molar-refractivity contribution in [2.24, 2.45) is 7.05 Å². The highest BCUT2D eigenvalue weighted by atomic mass is 32.2. The van der Waals surface area contributed by atoms with Gasteiger partial charge in [-0.05, 0) is 30.3 Å². The molecule has 0 N–H and O–H groups in total. The number of carbonyl (C=O) groups is 1. The van der Waals surface area contributed by atoms with Crippen molar-refractivity contribution >= 4 is 17.5 Å². The molecule has 8 heteroatoms. The van der Waals surface area contributed by atoms with E-state index in [0.29, 0.717) is 28.0 Å². The van der Waals surface area contributed by atoms with Crippen LogP contribution < -0.4 is 14.2 Å². The average Bonchev–Trinajstić information content (AvgIpc) is 3.11. The second-order valence-electron chi connectivity index (χ2n) is 5.88. The molecule has 7 nitrogen and oxygen atoms in total. The second kappa shape index (κ2) is 8.79. The quantitative estimate of drug-likeness (QED) is 0.424. The number of ether oxygens (including phenoxy) is 3. The van der Waals surface area contributed by atoms with Crippen LogP contribution in [0.2, 0.25) is 0 Å². The molecule has 0 fully saturated rings. The minimum Gasteiger partial charge on any atom is -0.497 e. The minimum atomic E-state index is -0.0307. The Labute approximate surface area is 167 Å². The molecular weight excluding hydrogens is 378 g/mol. The van der Waals surface area contributed by atoms with E-state index >= 15 is 0 Å². The molecule has 146 valence electrons. The third kappa shape index (κ3) is 4.12. The Morgan fingerprint density at radius 1 is 1.00 bits per heavy atom. The Hall–Kier alpha value is -3.00. The van der Waals surface area contributed by atoms with Crippen LogP contribution in [-0.2, 0) is 7.05 Å². The number of benzene rings is 2. The monoisotopic (exact) mass is 399 g/mol. The van der Waals surface area contributed by atoms with E-state index in [2.05, 4.69) is 10.2 Å². The number of nitrogens with zero attached hydrogens (tertiary/aromatic N) is 3. The van der Waals surface area contributed by atoms with Crippen LogP contribution in [0.4, 0.5) is 0 Å². The lowest BCUT2D eigenvalue weighted by molar-refractivity contribution is 0.102. The normalized spacial score (nSPS) is 10.6. The van der Waals surface area contributed by atoms with Crippen LogP contribution in [0.3, 0.4) is 0 Å². The van der Waals surface area contributed by atoms with Gasteiger partial charge in [-0.2, -0.15) is 0 Å². The first kappa shape index (κ1) is 19.8. The van der Waals surface area contributed by atoms with Gasteiger partial charge in [-0.3, -0.25) is 4.79 Å². The first-order valence-corrected chi connectivity index (χ1v) is 9.47. The van der Waals surface area contributed by atoms with Crippen LogP contribution in [-0.4, -0.2) is 47.6 Å². The van der Waals surface area contributed by atoms with Crippen LogP contribution in [0.1, 0.15) is 10.4 Å². The molecule has 0 aliphatic rings. The predicted molar refractivity (Wildman–Crippen MR) is 108 cm³/mol. The Kier molecular flexibility index (Phi) is 6.20. The molecule has 0 radical (unpaired) electrons. The maximum atomic E-state index is 12.6. The summed E-state index contributed by atoms with van der Waals surface area (Å²) < 4.78 is 17.6. The first-order valence-electron chi connectivity index (χ1n) is 8.49. The van der Waals surface area contributed by atoms with Gasteiger partial charge in [-0.25, -0.2) is 0 Å². The molecule has 0 saturated carbocycles. The van der Waals surface area contributed by atoms with Gasteiger partial charge in [0.15, 0.2) is 28.3 Å². The second-order valence-corrected chi connectivity index (χ2v) is 6.82. The fraction of sp³-hybridized carbons (Fsp3) is 0.250. The number of ketones is 1. The summed E-state index contributed by atoms with van der Waals surface area (Å²) in [5.41, 5.74) is 1.45. The van der Waals surface area contributed by atoms with Gasteiger partial charge >= 0.3 is 0 Å². The predicted octanol–water partition coefficient (Wildman–Crippen LogP) is 3.48. The average molecular weight is 399 g/mol. The van der Waals surface area contributed by atoms with Crippen LogP contribution in [0.25, 0.3) is 11.4 Å². The fourth-order valence-corrected chi connectivity index (χ4v) is 3.48. The highest BCUT2D eigenvalue weighted by Gasteiger charge is 2.15. The first-order chi connectivity index (χ1) is 13.6. The summed E-state index contributed by atoms with van der Waals surface area (Å²) in [7, 11) is 6.60. The zero-order valence-corrected chi connectivity index (χ0v) is 16.9. The number of thioether (sulfide) groups is 1. The molecule has 0 bridgehead atoms. The zero-order chi connectivity index (χ0) is 20.1. The molecule has 28 heavy (non-hydrogen) atoms. The standard InChI is InChI=1S/C20H21N3O4S/c1-23-19(14-6-5-7-15(10-14)25-2)21-22-20(23)28-12-16(24)13-8-9-17(26-3)18(11-13)27-4/h5-11H,12H2,1-4H3.